The van der Waals surface area contributed by atoms with E-state index in [9.17, 15) is 8.42 Å². The SMILES string of the molecule is CN(CCCO)S(=O)(=O)NCC1CC2CCC1C2. The Morgan fingerprint density at radius 3 is 2.67 bits per heavy atom. The molecule has 0 aromatic carbocycles. The van der Waals surface area contributed by atoms with E-state index in [0.29, 0.717) is 25.4 Å². The summed E-state index contributed by atoms with van der Waals surface area (Å²) < 4.78 is 27.9. The first-order valence-electron chi connectivity index (χ1n) is 6.84. The van der Waals surface area contributed by atoms with Crippen molar-refractivity contribution in [1.82, 2.24) is 9.03 Å². The molecule has 0 amide bonds. The minimum absolute atomic E-state index is 0.0201. The Hall–Kier alpha value is -0.170. The van der Waals surface area contributed by atoms with Crippen molar-refractivity contribution in [3.8, 4) is 0 Å². The van der Waals surface area contributed by atoms with Gasteiger partial charge in [-0.05, 0) is 43.4 Å². The molecule has 3 atom stereocenters. The average Bonchev–Trinajstić information content (AvgIpc) is 2.95. The Labute approximate surface area is 110 Å². The van der Waals surface area contributed by atoms with E-state index in [4.69, 9.17) is 5.11 Å². The molecule has 0 saturated heterocycles. The summed E-state index contributed by atoms with van der Waals surface area (Å²) in [5, 5.41) is 8.71. The third-order valence-corrected chi connectivity index (χ3v) is 5.99. The van der Waals surface area contributed by atoms with Crippen LogP contribution in [0.5, 0.6) is 0 Å². The number of aliphatic hydroxyl groups excluding tert-OH is 1. The number of hydrogen-bond acceptors (Lipinski definition) is 3. The van der Waals surface area contributed by atoms with Gasteiger partial charge in [0.25, 0.3) is 10.2 Å². The van der Waals surface area contributed by atoms with Gasteiger partial charge in [-0.25, -0.2) is 4.72 Å². The third kappa shape index (κ3) is 3.23. The van der Waals surface area contributed by atoms with Gasteiger partial charge in [0.1, 0.15) is 0 Å². The number of nitrogens with zero attached hydrogens (tertiary/aromatic N) is 1. The van der Waals surface area contributed by atoms with Gasteiger partial charge in [0.05, 0.1) is 0 Å². The zero-order valence-corrected chi connectivity index (χ0v) is 11.8. The monoisotopic (exact) mass is 276 g/mol. The quantitative estimate of drug-likeness (QED) is 0.714. The van der Waals surface area contributed by atoms with Crippen LogP contribution < -0.4 is 4.72 Å². The summed E-state index contributed by atoms with van der Waals surface area (Å²) in [6, 6.07) is 0. The molecule has 2 aliphatic carbocycles. The highest BCUT2D eigenvalue weighted by atomic mass is 32.2. The van der Waals surface area contributed by atoms with Crippen LogP contribution in [0.4, 0.5) is 0 Å². The van der Waals surface area contributed by atoms with E-state index in [1.54, 1.807) is 7.05 Å². The van der Waals surface area contributed by atoms with Crippen LogP contribution in [-0.2, 0) is 10.2 Å². The lowest BCUT2D eigenvalue weighted by Crippen LogP contribution is -2.41. The number of fused-ring (bicyclic) bond motifs is 2. The Bertz CT molecular complexity index is 372. The smallest absolute Gasteiger partial charge is 0.279 e. The Morgan fingerprint density at radius 1 is 1.33 bits per heavy atom. The van der Waals surface area contributed by atoms with Crippen LogP contribution in [0.2, 0.25) is 0 Å². The molecule has 2 bridgehead atoms. The molecule has 2 N–H and O–H groups in total. The van der Waals surface area contributed by atoms with Crippen LogP contribution in [0.25, 0.3) is 0 Å². The van der Waals surface area contributed by atoms with E-state index in [1.807, 2.05) is 0 Å². The molecule has 0 aliphatic heterocycles. The largest absolute Gasteiger partial charge is 0.396 e. The molecule has 18 heavy (non-hydrogen) atoms. The predicted molar refractivity (Wildman–Crippen MR) is 70.2 cm³/mol. The number of hydrogen-bond donors (Lipinski definition) is 2. The fourth-order valence-electron chi connectivity index (χ4n) is 3.36. The number of rotatable bonds is 7. The molecule has 0 heterocycles. The van der Waals surface area contributed by atoms with Crippen LogP contribution in [0.3, 0.4) is 0 Å². The van der Waals surface area contributed by atoms with E-state index in [1.165, 1.54) is 30.0 Å². The summed E-state index contributed by atoms with van der Waals surface area (Å²) in [5.74, 6) is 2.11. The first-order valence-corrected chi connectivity index (χ1v) is 8.28. The van der Waals surface area contributed by atoms with Gasteiger partial charge >= 0.3 is 0 Å². The van der Waals surface area contributed by atoms with Gasteiger partial charge in [-0.2, -0.15) is 12.7 Å². The Balaban J connectivity index is 1.78. The van der Waals surface area contributed by atoms with Gasteiger partial charge in [-0.15, -0.1) is 0 Å². The summed E-state index contributed by atoms with van der Waals surface area (Å²) in [4.78, 5) is 0. The van der Waals surface area contributed by atoms with Crippen molar-refractivity contribution in [1.29, 1.82) is 0 Å². The molecular formula is C12H24N2O3S. The van der Waals surface area contributed by atoms with Crippen LogP contribution >= 0.6 is 0 Å². The minimum Gasteiger partial charge on any atom is -0.396 e. The van der Waals surface area contributed by atoms with Crippen LogP contribution in [0.15, 0.2) is 0 Å². The Morgan fingerprint density at radius 2 is 2.11 bits per heavy atom. The molecule has 106 valence electrons. The second-order valence-corrected chi connectivity index (χ2v) is 7.55. The second kappa shape index (κ2) is 5.86. The maximum absolute atomic E-state index is 11.9. The lowest BCUT2D eigenvalue weighted by molar-refractivity contribution is 0.274. The molecule has 6 heteroatoms. The highest BCUT2D eigenvalue weighted by Crippen LogP contribution is 2.47. The van der Waals surface area contributed by atoms with Crippen molar-refractivity contribution < 1.29 is 13.5 Å². The van der Waals surface area contributed by atoms with Gasteiger partial charge in [-0.1, -0.05) is 6.42 Å². The van der Waals surface area contributed by atoms with E-state index < -0.39 is 10.2 Å². The van der Waals surface area contributed by atoms with E-state index in [0.717, 1.165) is 11.8 Å². The van der Waals surface area contributed by atoms with Gasteiger partial charge in [-0.3, -0.25) is 0 Å². The fourth-order valence-corrected chi connectivity index (χ4v) is 4.38. The predicted octanol–water partition coefficient (Wildman–Crippen LogP) is 0.571. The standard InChI is InChI=1S/C12H24N2O3S/c1-14(5-2-6-15)18(16,17)13-9-12-8-10-3-4-11(12)7-10/h10-13,15H,2-9H2,1H3. The zero-order valence-electron chi connectivity index (χ0n) is 11.0. The van der Waals surface area contributed by atoms with Gasteiger partial charge in [0.2, 0.25) is 0 Å². The van der Waals surface area contributed by atoms with Crippen molar-refractivity contribution in [2.45, 2.75) is 32.1 Å². The molecular weight excluding hydrogens is 252 g/mol. The summed E-state index contributed by atoms with van der Waals surface area (Å²) in [7, 11) is -1.81. The lowest BCUT2D eigenvalue weighted by Gasteiger charge is -2.24. The van der Waals surface area contributed by atoms with Gasteiger partial charge < -0.3 is 5.11 Å². The van der Waals surface area contributed by atoms with Crippen molar-refractivity contribution in [3.63, 3.8) is 0 Å². The first kappa shape index (κ1) is 14.2. The topological polar surface area (TPSA) is 69.6 Å². The molecule has 2 fully saturated rings. The fraction of sp³-hybridized carbons (Fsp3) is 1.00. The third-order valence-electron chi connectivity index (χ3n) is 4.45. The molecule has 2 rings (SSSR count). The van der Waals surface area contributed by atoms with Crippen molar-refractivity contribution in [2.24, 2.45) is 17.8 Å². The van der Waals surface area contributed by atoms with Gasteiger partial charge in [0, 0.05) is 26.7 Å². The van der Waals surface area contributed by atoms with Gasteiger partial charge in [0.15, 0.2) is 0 Å². The molecule has 3 unspecified atom stereocenters. The molecule has 2 saturated carbocycles. The van der Waals surface area contributed by atoms with Crippen molar-refractivity contribution in [3.05, 3.63) is 0 Å². The van der Waals surface area contributed by atoms with Crippen LogP contribution in [-0.4, -0.2) is 44.6 Å². The van der Waals surface area contributed by atoms with Crippen molar-refractivity contribution in [2.75, 3.05) is 26.7 Å². The molecule has 0 radical (unpaired) electrons. The molecule has 0 spiro atoms. The molecule has 0 aromatic heterocycles. The van der Waals surface area contributed by atoms with E-state index in [-0.39, 0.29) is 6.61 Å². The summed E-state index contributed by atoms with van der Waals surface area (Å²) in [6.45, 7) is 0.960. The summed E-state index contributed by atoms with van der Waals surface area (Å²) >= 11 is 0. The van der Waals surface area contributed by atoms with Crippen LogP contribution in [0.1, 0.15) is 32.1 Å². The average molecular weight is 276 g/mol. The van der Waals surface area contributed by atoms with Crippen LogP contribution in [0, 0.1) is 17.8 Å². The minimum atomic E-state index is -3.36. The normalized spacial score (nSPS) is 31.4. The second-order valence-electron chi connectivity index (χ2n) is 5.69. The first-order chi connectivity index (χ1) is 8.53. The molecule has 5 nitrogen and oxygen atoms in total. The highest BCUT2D eigenvalue weighted by molar-refractivity contribution is 7.87. The maximum Gasteiger partial charge on any atom is 0.279 e. The lowest BCUT2D eigenvalue weighted by atomic mass is 9.89. The van der Waals surface area contributed by atoms with E-state index in [2.05, 4.69) is 4.72 Å². The number of aliphatic hydroxyl groups is 1. The summed E-state index contributed by atoms with van der Waals surface area (Å²) in [5.41, 5.74) is 0. The Kier molecular flexibility index (Phi) is 4.64. The number of nitrogens with one attached hydrogen (secondary N) is 1. The maximum atomic E-state index is 11.9. The van der Waals surface area contributed by atoms with E-state index >= 15 is 0 Å². The molecule has 0 aromatic rings. The van der Waals surface area contributed by atoms with Crippen molar-refractivity contribution >= 4 is 10.2 Å². The summed E-state index contributed by atoms with van der Waals surface area (Å²) in [6.07, 6.45) is 5.58. The molecule has 2 aliphatic rings. The highest BCUT2D eigenvalue weighted by Gasteiger charge is 2.39. The zero-order chi connectivity index (χ0) is 13.2.